The number of nitrogens with zero attached hydrogens (tertiary/aromatic N) is 2. The van der Waals surface area contributed by atoms with Gasteiger partial charge in [-0.15, -0.1) is 0 Å². The Balaban J connectivity index is 1.57. The number of piperidine rings is 1. The minimum atomic E-state index is -0.410. The van der Waals surface area contributed by atoms with Gasteiger partial charge in [0.25, 0.3) is 0 Å². The van der Waals surface area contributed by atoms with Crippen molar-refractivity contribution in [3.63, 3.8) is 0 Å². The van der Waals surface area contributed by atoms with Crippen molar-refractivity contribution < 1.29 is 14.3 Å². The van der Waals surface area contributed by atoms with E-state index >= 15 is 0 Å². The molecule has 0 aliphatic carbocycles. The molecule has 2 aliphatic rings. The van der Waals surface area contributed by atoms with Gasteiger partial charge in [-0.1, -0.05) is 25.1 Å². The molecule has 2 heterocycles. The molecular weight excluding hydrogens is 426 g/mol. The van der Waals surface area contributed by atoms with Crippen LogP contribution in [0.5, 0.6) is 0 Å². The molecule has 0 spiro atoms. The summed E-state index contributed by atoms with van der Waals surface area (Å²) in [5.41, 5.74) is 6.20. The average molecular weight is 460 g/mol. The molecule has 6 heteroatoms. The molecule has 1 N–H and O–H groups in total. The standard InChI is InChI=1S/C28H33N3O3/c1-4-21-9-10-24(15-26(21)22-11-13-31(14-12-22)25-17-34-18-25)30-19(2)27(28(32)33-3)23-7-5-20(16-29)6-8-23/h5-10,15,22,25,30H,4,11-14,17-18H2,1-3H3/b27-19-. The number of anilines is 1. The Morgan fingerprint density at radius 1 is 1.18 bits per heavy atom. The summed E-state index contributed by atoms with van der Waals surface area (Å²) in [5.74, 6) is 0.129. The number of nitriles is 1. The Bertz CT molecular complexity index is 1090. The molecule has 0 atom stereocenters. The van der Waals surface area contributed by atoms with E-state index in [1.54, 1.807) is 24.3 Å². The van der Waals surface area contributed by atoms with Gasteiger partial charge in [0.1, 0.15) is 0 Å². The van der Waals surface area contributed by atoms with E-state index in [1.165, 1.54) is 18.2 Å². The summed E-state index contributed by atoms with van der Waals surface area (Å²) < 4.78 is 10.4. The second-order valence-corrected chi connectivity index (χ2v) is 9.07. The first-order chi connectivity index (χ1) is 16.5. The van der Waals surface area contributed by atoms with Gasteiger partial charge in [0.2, 0.25) is 0 Å². The summed E-state index contributed by atoms with van der Waals surface area (Å²) in [6.45, 7) is 8.07. The highest BCUT2D eigenvalue weighted by molar-refractivity contribution is 6.17. The van der Waals surface area contributed by atoms with Crippen molar-refractivity contribution in [2.75, 3.05) is 38.7 Å². The van der Waals surface area contributed by atoms with Gasteiger partial charge in [-0.05, 0) is 86.1 Å². The molecule has 0 unspecified atom stereocenters. The van der Waals surface area contributed by atoms with Gasteiger partial charge in [0.15, 0.2) is 0 Å². The lowest BCUT2D eigenvalue weighted by molar-refractivity contribution is -0.133. The molecule has 0 aromatic heterocycles. The number of likely N-dealkylation sites (tertiary alicyclic amines) is 1. The predicted octanol–water partition coefficient (Wildman–Crippen LogP) is 4.71. The van der Waals surface area contributed by atoms with Crippen molar-refractivity contribution >= 4 is 17.2 Å². The molecule has 2 aliphatic heterocycles. The fourth-order valence-electron chi connectivity index (χ4n) is 4.96. The van der Waals surface area contributed by atoms with Crippen LogP contribution < -0.4 is 5.32 Å². The number of carbonyl (C=O) groups is 1. The summed E-state index contributed by atoms with van der Waals surface area (Å²) in [6, 6.07) is 16.2. The monoisotopic (exact) mass is 459 g/mol. The molecule has 2 saturated heterocycles. The number of hydrogen-bond acceptors (Lipinski definition) is 6. The largest absolute Gasteiger partial charge is 0.465 e. The average Bonchev–Trinajstić information content (AvgIpc) is 2.84. The smallest absolute Gasteiger partial charge is 0.340 e. The minimum Gasteiger partial charge on any atom is -0.465 e. The third kappa shape index (κ3) is 5.16. The van der Waals surface area contributed by atoms with Gasteiger partial charge < -0.3 is 14.8 Å². The van der Waals surface area contributed by atoms with Crippen LogP contribution in [0.1, 0.15) is 54.9 Å². The summed E-state index contributed by atoms with van der Waals surface area (Å²) in [5, 5.41) is 12.5. The predicted molar refractivity (Wildman–Crippen MR) is 133 cm³/mol. The van der Waals surface area contributed by atoms with Crippen LogP contribution in [0.4, 0.5) is 5.69 Å². The van der Waals surface area contributed by atoms with Gasteiger partial charge in [-0.2, -0.15) is 5.26 Å². The lowest BCUT2D eigenvalue weighted by Gasteiger charge is -2.41. The zero-order valence-corrected chi connectivity index (χ0v) is 20.3. The van der Waals surface area contributed by atoms with Crippen molar-refractivity contribution in [3.8, 4) is 6.07 Å². The third-order valence-electron chi connectivity index (χ3n) is 7.03. The number of carbonyl (C=O) groups excluding carboxylic acids is 1. The molecule has 0 radical (unpaired) electrons. The van der Waals surface area contributed by atoms with Crippen LogP contribution >= 0.6 is 0 Å². The Morgan fingerprint density at radius 3 is 2.44 bits per heavy atom. The highest BCUT2D eigenvalue weighted by atomic mass is 16.5. The second kappa shape index (κ2) is 10.9. The Labute approximate surface area is 202 Å². The fourth-order valence-corrected chi connectivity index (χ4v) is 4.96. The first kappa shape index (κ1) is 24.0. The van der Waals surface area contributed by atoms with E-state index < -0.39 is 5.97 Å². The number of rotatable bonds is 7. The van der Waals surface area contributed by atoms with Crippen molar-refractivity contribution in [2.24, 2.45) is 0 Å². The molecular formula is C28H33N3O3. The van der Waals surface area contributed by atoms with Crippen LogP contribution in [-0.4, -0.2) is 50.3 Å². The maximum absolute atomic E-state index is 12.6. The number of esters is 1. The van der Waals surface area contributed by atoms with Gasteiger partial charge in [-0.25, -0.2) is 4.79 Å². The van der Waals surface area contributed by atoms with Crippen molar-refractivity contribution in [1.29, 1.82) is 5.26 Å². The highest BCUT2D eigenvalue weighted by Gasteiger charge is 2.30. The van der Waals surface area contributed by atoms with E-state index in [-0.39, 0.29) is 0 Å². The van der Waals surface area contributed by atoms with Gasteiger partial charge in [-0.3, -0.25) is 4.90 Å². The van der Waals surface area contributed by atoms with E-state index in [1.807, 2.05) is 6.92 Å². The van der Waals surface area contributed by atoms with Crippen molar-refractivity contribution in [2.45, 2.75) is 45.1 Å². The summed E-state index contributed by atoms with van der Waals surface area (Å²) in [6.07, 6.45) is 3.31. The van der Waals surface area contributed by atoms with Gasteiger partial charge in [0.05, 0.1) is 43.6 Å². The molecule has 4 rings (SSSR count). The number of hydrogen-bond donors (Lipinski definition) is 1. The quantitative estimate of drug-likeness (QED) is 0.477. The Hall–Kier alpha value is -3.14. The summed E-state index contributed by atoms with van der Waals surface area (Å²) >= 11 is 0. The lowest BCUT2D eigenvalue weighted by atomic mass is 9.85. The normalized spacial score (nSPS) is 17.9. The van der Waals surface area contributed by atoms with Crippen LogP contribution in [0.25, 0.3) is 5.57 Å². The molecule has 34 heavy (non-hydrogen) atoms. The number of aryl methyl sites for hydroxylation is 1. The maximum Gasteiger partial charge on any atom is 0.340 e. The zero-order chi connectivity index (χ0) is 24.1. The molecule has 0 bridgehead atoms. The molecule has 0 saturated carbocycles. The van der Waals surface area contributed by atoms with Crippen LogP contribution in [-0.2, 0) is 20.7 Å². The summed E-state index contributed by atoms with van der Waals surface area (Å²) in [4.78, 5) is 15.2. The van der Waals surface area contributed by atoms with Crippen molar-refractivity contribution in [3.05, 3.63) is 70.4 Å². The first-order valence-corrected chi connectivity index (χ1v) is 12.0. The van der Waals surface area contributed by atoms with Crippen molar-refractivity contribution in [1.82, 2.24) is 4.90 Å². The number of ether oxygens (including phenoxy) is 2. The molecule has 2 fully saturated rings. The van der Waals surface area contributed by atoms with E-state index in [9.17, 15) is 4.79 Å². The van der Waals surface area contributed by atoms with Gasteiger partial charge >= 0.3 is 5.97 Å². The third-order valence-corrected chi connectivity index (χ3v) is 7.03. The molecule has 6 nitrogen and oxygen atoms in total. The second-order valence-electron chi connectivity index (χ2n) is 9.07. The minimum absolute atomic E-state index is 0.410. The Kier molecular flexibility index (Phi) is 7.66. The number of allylic oxidation sites excluding steroid dienone is 1. The van der Waals surface area contributed by atoms with E-state index in [0.717, 1.165) is 51.3 Å². The molecule has 2 aromatic carbocycles. The topological polar surface area (TPSA) is 74.6 Å². The fraction of sp³-hybridized carbons (Fsp3) is 0.429. The van der Waals surface area contributed by atoms with Crippen LogP contribution in [0.3, 0.4) is 0 Å². The van der Waals surface area contributed by atoms with Crippen LogP contribution in [0, 0.1) is 11.3 Å². The first-order valence-electron chi connectivity index (χ1n) is 12.0. The van der Waals surface area contributed by atoms with E-state index in [0.29, 0.717) is 34.4 Å². The number of nitrogens with one attached hydrogen (secondary N) is 1. The molecule has 178 valence electrons. The lowest BCUT2D eigenvalue weighted by Crippen LogP contribution is -2.51. The van der Waals surface area contributed by atoms with Crippen LogP contribution in [0.15, 0.2) is 48.2 Å². The van der Waals surface area contributed by atoms with Gasteiger partial charge in [0, 0.05) is 11.4 Å². The van der Waals surface area contributed by atoms with E-state index in [4.69, 9.17) is 14.7 Å². The molecule has 2 aromatic rings. The Morgan fingerprint density at radius 2 is 1.88 bits per heavy atom. The maximum atomic E-state index is 12.6. The van der Waals surface area contributed by atoms with E-state index in [2.05, 4.69) is 41.4 Å². The SMILES string of the molecule is CCc1ccc(N/C(C)=C(\C(=O)OC)c2ccc(C#N)cc2)cc1C1CCN(C2COC2)CC1. The number of methoxy groups -OCH3 is 1. The number of benzene rings is 2. The highest BCUT2D eigenvalue weighted by Crippen LogP contribution is 2.34. The van der Waals surface area contributed by atoms with Crippen LogP contribution in [0.2, 0.25) is 0 Å². The molecule has 0 amide bonds. The zero-order valence-electron chi connectivity index (χ0n) is 20.3. The summed E-state index contributed by atoms with van der Waals surface area (Å²) in [7, 11) is 1.38.